The van der Waals surface area contributed by atoms with Crippen LogP contribution in [0, 0.1) is 0 Å². The van der Waals surface area contributed by atoms with Gasteiger partial charge in [0.15, 0.2) is 0 Å². The quantitative estimate of drug-likeness (QED) is 0.210. The van der Waals surface area contributed by atoms with Gasteiger partial charge < -0.3 is 0 Å². The summed E-state index contributed by atoms with van der Waals surface area (Å²) in [5, 5.41) is 7.44. The number of rotatable bonds is 4. The summed E-state index contributed by atoms with van der Waals surface area (Å²) in [7, 11) is 0. The second-order valence-electron chi connectivity index (χ2n) is 10.4. The molecule has 0 N–H and O–H groups in total. The highest BCUT2D eigenvalue weighted by Crippen LogP contribution is 2.39. The molecule has 0 saturated heterocycles. The minimum Gasteiger partial charge on any atom is -0.264 e. The van der Waals surface area contributed by atoms with Crippen LogP contribution in [0.3, 0.4) is 0 Å². The zero-order chi connectivity index (χ0) is 27.9. The molecule has 4 nitrogen and oxygen atoms in total. The van der Waals surface area contributed by atoms with Gasteiger partial charge in [-0.3, -0.25) is 19.9 Å². The lowest BCUT2D eigenvalue weighted by Crippen LogP contribution is -1.89. The average molecular weight is 537 g/mol. The van der Waals surface area contributed by atoms with E-state index in [1.165, 1.54) is 32.3 Å². The minimum atomic E-state index is 0.914. The van der Waals surface area contributed by atoms with Gasteiger partial charge in [-0.05, 0) is 92.0 Å². The highest BCUT2D eigenvalue weighted by Gasteiger charge is 2.12. The van der Waals surface area contributed by atoms with Crippen LogP contribution in [-0.4, -0.2) is 19.9 Å². The SMILES string of the molecule is c1cncc(-c2ccc(-c3ccc4c5ccccc5c5ccc(-c6ccc(-c7cccnc7)nc6)cc5c4c3)cn2)c1. The standard InChI is InChI=1S/C38H24N4/c1-2-8-32-31(7-1)33-13-9-25(27-11-15-37(41-23-27)29-5-3-17-39-21-29)19-35(33)36-20-26(10-14-34(32)36)28-12-16-38(42-24-28)30-6-4-18-40-22-30/h1-24H. The molecule has 196 valence electrons. The molecule has 0 aliphatic carbocycles. The van der Waals surface area contributed by atoms with E-state index < -0.39 is 0 Å². The topological polar surface area (TPSA) is 51.6 Å². The van der Waals surface area contributed by atoms with Crippen LogP contribution in [0.15, 0.2) is 146 Å². The van der Waals surface area contributed by atoms with E-state index in [1.807, 2.05) is 49.1 Å². The first kappa shape index (κ1) is 24.1. The van der Waals surface area contributed by atoms with Crippen LogP contribution in [0.4, 0.5) is 0 Å². The van der Waals surface area contributed by atoms with Gasteiger partial charge in [-0.2, -0.15) is 0 Å². The van der Waals surface area contributed by atoms with Gasteiger partial charge in [0.25, 0.3) is 0 Å². The Labute approximate surface area is 243 Å². The van der Waals surface area contributed by atoms with Crippen molar-refractivity contribution in [1.82, 2.24) is 19.9 Å². The van der Waals surface area contributed by atoms with E-state index in [0.717, 1.165) is 44.8 Å². The number of fused-ring (bicyclic) bond motifs is 6. The summed E-state index contributed by atoms with van der Waals surface area (Å²) >= 11 is 0. The molecule has 4 heteroatoms. The molecule has 0 atom stereocenters. The summed E-state index contributed by atoms with van der Waals surface area (Å²) in [5.74, 6) is 0. The van der Waals surface area contributed by atoms with Crippen LogP contribution in [0.5, 0.6) is 0 Å². The molecule has 42 heavy (non-hydrogen) atoms. The van der Waals surface area contributed by atoms with Crippen molar-refractivity contribution < 1.29 is 0 Å². The fraction of sp³-hybridized carbons (Fsp3) is 0. The van der Waals surface area contributed by atoms with E-state index in [9.17, 15) is 0 Å². The largest absolute Gasteiger partial charge is 0.264 e. The third-order valence-electron chi connectivity index (χ3n) is 7.94. The third kappa shape index (κ3) is 4.18. The summed E-state index contributed by atoms with van der Waals surface area (Å²) in [6.07, 6.45) is 11.1. The zero-order valence-corrected chi connectivity index (χ0v) is 22.6. The van der Waals surface area contributed by atoms with Crippen molar-refractivity contribution in [3.63, 3.8) is 0 Å². The lowest BCUT2D eigenvalue weighted by Gasteiger charge is -2.14. The second kappa shape index (κ2) is 10.0. The molecule has 0 bridgehead atoms. The maximum Gasteiger partial charge on any atom is 0.0717 e. The molecule has 0 spiro atoms. The molecule has 8 aromatic rings. The molecule has 4 heterocycles. The Hall–Kier alpha value is -5.74. The van der Waals surface area contributed by atoms with Crippen molar-refractivity contribution in [2.45, 2.75) is 0 Å². The molecule has 4 aromatic carbocycles. The van der Waals surface area contributed by atoms with Crippen molar-refractivity contribution >= 4 is 32.3 Å². The predicted octanol–water partition coefficient (Wildman–Crippen LogP) is 9.39. The first-order valence-electron chi connectivity index (χ1n) is 13.9. The van der Waals surface area contributed by atoms with Crippen LogP contribution in [-0.2, 0) is 0 Å². The van der Waals surface area contributed by atoms with Gasteiger partial charge in [0, 0.05) is 59.4 Å². The molecule has 4 aromatic heterocycles. The number of hydrogen-bond acceptors (Lipinski definition) is 4. The van der Waals surface area contributed by atoms with Gasteiger partial charge in [-0.1, -0.05) is 60.7 Å². The van der Waals surface area contributed by atoms with Crippen molar-refractivity contribution in [2.24, 2.45) is 0 Å². The fourth-order valence-corrected chi connectivity index (χ4v) is 5.82. The van der Waals surface area contributed by atoms with Gasteiger partial charge in [0.2, 0.25) is 0 Å². The van der Waals surface area contributed by atoms with E-state index >= 15 is 0 Å². The Kier molecular flexibility index (Phi) is 5.75. The Morgan fingerprint density at radius 1 is 0.310 bits per heavy atom. The minimum absolute atomic E-state index is 0.914. The second-order valence-corrected chi connectivity index (χ2v) is 10.4. The molecule has 0 saturated carbocycles. The number of aromatic nitrogens is 4. The molecule has 0 radical (unpaired) electrons. The number of pyridine rings is 4. The van der Waals surface area contributed by atoms with Gasteiger partial charge in [0.05, 0.1) is 11.4 Å². The zero-order valence-electron chi connectivity index (χ0n) is 22.6. The van der Waals surface area contributed by atoms with Gasteiger partial charge in [0.1, 0.15) is 0 Å². The monoisotopic (exact) mass is 536 g/mol. The van der Waals surface area contributed by atoms with Crippen LogP contribution in [0.25, 0.3) is 77.1 Å². The summed E-state index contributed by atoms with van der Waals surface area (Å²) < 4.78 is 0. The Bertz CT molecular complexity index is 2050. The smallest absolute Gasteiger partial charge is 0.0717 e. The molecule has 0 fully saturated rings. The summed E-state index contributed by atoms with van der Waals surface area (Å²) in [5.41, 5.74) is 8.28. The van der Waals surface area contributed by atoms with Crippen LogP contribution in [0.2, 0.25) is 0 Å². The molecular formula is C38H24N4. The maximum absolute atomic E-state index is 4.75. The fourth-order valence-electron chi connectivity index (χ4n) is 5.82. The Morgan fingerprint density at radius 2 is 0.762 bits per heavy atom. The average Bonchev–Trinajstić information content (AvgIpc) is 3.09. The summed E-state index contributed by atoms with van der Waals surface area (Å²) in [6.45, 7) is 0. The molecule has 0 aliphatic heterocycles. The lowest BCUT2D eigenvalue weighted by molar-refractivity contribution is 1.28. The maximum atomic E-state index is 4.75. The Balaban J connectivity index is 1.27. The number of nitrogens with zero attached hydrogens (tertiary/aromatic N) is 4. The third-order valence-corrected chi connectivity index (χ3v) is 7.94. The number of hydrogen-bond donors (Lipinski definition) is 0. The number of benzene rings is 4. The Morgan fingerprint density at radius 3 is 1.17 bits per heavy atom. The molecule has 0 amide bonds. The van der Waals surface area contributed by atoms with E-state index in [-0.39, 0.29) is 0 Å². The van der Waals surface area contributed by atoms with E-state index in [1.54, 1.807) is 12.4 Å². The van der Waals surface area contributed by atoms with Gasteiger partial charge >= 0.3 is 0 Å². The van der Waals surface area contributed by atoms with Crippen molar-refractivity contribution in [2.75, 3.05) is 0 Å². The van der Waals surface area contributed by atoms with Crippen molar-refractivity contribution in [3.8, 4) is 44.8 Å². The predicted molar refractivity (Wildman–Crippen MR) is 172 cm³/mol. The highest BCUT2D eigenvalue weighted by molar-refractivity contribution is 6.26. The summed E-state index contributed by atoms with van der Waals surface area (Å²) in [4.78, 5) is 18.0. The van der Waals surface area contributed by atoms with Crippen LogP contribution >= 0.6 is 0 Å². The van der Waals surface area contributed by atoms with Gasteiger partial charge in [-0.15, -0.1) is 0 Å². The van der Waals surface area contributed by atoms with E-state index in [0.29, 0.717) is 0 Å². The van der Waals surface area contributed by atoms with E-state index in [4.69, 9.17) is 9.97 Å². The van der Waals surface area contributed by atoms with Crippen molar-refractivity contribution in [3.05, 3.63) is 146 Å². The first-order valence-corrected chi connectivity index (χ1v) is 13.9. The highest BCUT2D eigenvalue weighted by atomic mass is 14.7. The molecular weight excluding hydrogens is 512 g/mol. The molecule has 8 rings (SSSR count). The lowest BCUT2D eigenvalue weighted by atomic mass is 9.90. The van der Waals surface area contributed by atoms with Crippen LogP contribution < -0.4 is 0 Å². The molecule has 0 aliphatic rings. The van der Waals surface area contributed by atoms with Gasteiger partial charge in [-0.25, -0.2) is 0 Å². The summed E-state index contributed by atoms with van der Waals surface area (Å²) in [6, 6.07) is 38.5. The van der Waals surface area contributed by atoms with Crippen LogP contribution in [0.1, 0.15) is 0 Å². The normalized spacial score (nSPS) is 11.3. The van der Waals surface area contributed by atoms with E-state index in [2.05, 4.69) is 94.9 Å². The first-order chi connectivity index (χ1) is 20.8. The van der Waals surface area contributed by atoms with Crippen molar-refractivity contribution in [1.29, 1.82) is 0 Å². The molecule has 0 unspecified atom stereocenters.